The van der Waals surface area contributed by atoms with Crippen LogP contribution in [0.4, 0.5) is 17.1 Å². The highest BCUT2D eigenvalue weighted by Gasteiger charge is 2.29. The predicted octanol–water partition coefficient (Wildman–Crippen LogP) is 3.35. The summed E-state index contributed by atoms with van der Waals surface area (Å²) in [6, 6.07) is 9.57. The average Bonchev–Trinajstić information content (AvgIpc) is 2.89. The zero-order chi connectivity index (χ0) is 26.2. The van der Waals surface area contributed by atoms with Crippen LogP contribution in [0.3, 0.4) is 0 Å². The first kappa shape index (κ1) is 26.3. The quantitative estimate of drug-likeness (QED) is 0.317. The Bertz CT molecular complexity index is 1180. The number of rotatable bonds is 9. The van der Waals surface area contributed by atoms with Crippen molar-refractivity contribution in [2.45, 2.75) is 26.7 Å². The molecule has 0 saturated carbocycles. The van der Waals surface area contributed by atoms with Gasteiger partial charge < -0.3 is 9.80 Å². The van der Waals surface area contributed by atoms with E-state index in [9.17, 15) is 29.8 Å². The van der Waals surface area contributed by atoms with Crippen molar-refractivity contribution in [3.05, 3.63) is 73.8 Å². The first-order chi connectivity index (χ1) is 17.2. The van der Waals surface area contributed by atoms with Crippen molar-refractivity contribution in [2.75, 3.05) is 31.1 Å². The van der Waals surface area contributed by atoms with Crippen LogP contribution < -0.4 is 10.3 Å². The van der Waals surface area contributed by atoms with Gasteiger partial charge in [0.1, 0.15) is 0 Å². The normalized spacial score (nSPS) is 15.5. The number of hydrogen-bond acceptors (Lipinski definition) is 8. The molecule has 3 rings (SSSR count). The van der Waals surface area contributed by atoms with Crippen molar-refractivity contribution in [3.8, 4) is 0 Å². The molecule has 190 valence electrons. The molecule has 1 saturated heterocycles. The maximum absolute atomic E-state index is 12.9. The second-order valence-corrected chi connectivity index (χ2v) is 8.30. The SMILES string of the molecule is CCN(CC)C(=O)[C@H]1CCCN(c2ccc([N+](=O)[O-])cc2/C=N\NC(=O)c2cccc([N+](=O)[O-])c2)C1. The lowest BCUT2D eigenvalue weighted by Crippen LogP contribution is -2.45. The van der Waals surface area contributed by atoms with Crippen molar-refractivity contribution in [3.63, 3.8) is 0 Å². The maximum Gasteiger partial charge on any atom is 0.271 e. The molecule has 0 unspecified atom stereocenters. The van der Waals surface area contributed by atoms with E-state index in [1.165, 1.54) is 36.5 Å². The number of nitro groups is 2. The standard InChI is InChI=1S/C24H28N6O6/c1-3-27(4-2)24(32)18-8-6-12-28(16-18)22-11-10-21(30(35)36)14-19(22)15-25-26-23(31)17-7-5-9-20(13-17)29(33)34/h5,7,9-11,13-15,18H,3-4,6,8,12,16H2,1-2H3,(H,26,31)/b25-15-/t18-/m0/s1. The number of anilines is 1. The summed E-state index contributed by atoms with van der Waals surface area (Å²) < 4.78 is 0. The van der Waals surface area contributed by atoms with Gasteiger partial charge in [-0.1, -0.05) is 6.07 Å². The van der Waals surface area contributed by atoms with Crippen molar-refractivity contribution in [1.82, 2.24) is 10.3 Å². The molecule has 0 radical (unpaired) electrons. The summed E-state index contributed by atoms with van der Waals surface area (Å²) in [6.45, 7) is 6.27. The molecule has 1 N–H and O–H groups in total. The number of carbonyl (C=O) groups is 2. The summed E-state index contributed by atoms with van der Waals surface area (Å²) in [7, 11) is 0. The van der Waals surface area contributed by atoms with Gasteiger partial charge in [-0.25, -0.2) is 5.43 Å². The van der Waals surface area contributed by atoms with E-state index in [0.29, 0.717) is 37.4 Å². The van der Waals surface area contributed by atoms with Gasteiger partial charge in [-0.3, -0.25) is 29.8 Å². The molecule has 0 aromatic heterocycles. The second-order valence-electron chi connectivity index (χ2n) is 8.30. The lowest BCUT2D eigenvalue weighted by Gasteiger charge is -2.36. The molecular weight excluding hydrogens is 468 g/mol. The number of non-ortho nitro benzene ring substituents is 2. The third kappa shape index (κ3) is 6.20. The van der Waals surface area contributed by atoms with Gasteiger partial charge in [-0.15, -0.1) is 0 Å². The molecule has 1 atom stereocenters. The highest BCUT2D eigenvalue weighted by molar-refractivity contribution is 5.96. The summed E-state index contributed by atoms with van der Waals surface area (Å²) >= 11 is 0. The number of benzene rings is 2. The Labute approximate surface area is 207 Å². The topological polar surface area (TPSA) is 151 Å². The Morgan fingerprint density at radius 1 is 1.11 bits per heavy atom. The minimum Gasteiger partial charge on any atom is -0.370 e. The predicted molar refractivity (Wildman–Crippen MR) is 134 cm³/mol. The molecule has 1 aliphatic heterocycles. The fourth-order valence-corrected chi connectivity index (χ4v) is 4.22. The summed E-state index contributed by atoms with van der Waals surface area (Å²) in [5, 5.41) is 26.2. The van der Waals surface area contributed by atoms with Crippen LogP contribution in [0.1, 0.15) is 42.6 Å². The molecule has 2 aromatic rings. The Balaban J connectivity index is 1.82. The van der Waals surface area contributed by atoms with Crippen LogP contribution >= 0.6 is 0 Å². The summed E-state index contributed by atoms with van der Waals surface area (Å²) in [4.78, 5) is 50.3. The van der Waals surface area contributed by atoms with Crippen LogP contribution in [-0.4, -0.2) is 59.0 Å². The number of hydrazone groups is 1. The van der Waals surface area contributed by atoms with E-state index in [0.717, 1.165) is 18.9 Å². The number of piperidine rings is 1. The number of hydrogen-bond donors (Lipinski definition) is 1. The molecule has 2 amide bonds. The molecule has 0 bridgehead atoms. The molecule has 36 heavy (non-hydrogen) atoms. The molecule has 12 heteroatoms. The summed E-state index contributed by atoms with van der Waals surface area (Å²) in [6.07, 6.45) is 2.85. The van der Waals surface area contributed by atoms with Crippen molar-refractivity contribution < 1.29 is 19.4 Å². The molecule has 12 nitrogen and oxygen atoms in total. The van der Waals surface area contributed by atoms with Gasteiger partial charge in [0.25, 0.3) is 17.3 Å². The van der Waals surface area contributed by atoms with Gasteiger partial charge in [-0.05, 0) is 38.8 Å². The van der Waals surface area contributed by atoms with E-state index < -0.39 is 15.8 Å². The third-order valence-corrected chi connectivity index (χ3v) is 6.10. The van der Waals surface area contributed by atoms with E-state index in [2.05, 4.69) is 10.5 Å². The Morgan fingerprint density at radius 2 is 1.81 bits per heavy atom. The zero-order valence-corrected chi connectivity index (χ0v) is 20.1. The smallest absolute Gasteiger partial charge is 0.271 e. The molecule has 0 spiro atoms. The van der Waals surface area contributed by atoms with Gasteiger partial charge in [0, 0.05) is 67.3 Å². The minimum absolute atomic E-state index is 0.0504. The monoisotopic (exact) mass is 496 g/mol. The highest BCUT2D eigenvalue weighted by atomic mass is 16.6. The molecule has 2 aromatic carbocycles. The second kappa shape index (κ2) is 11.9. The van der Waals surface area contributed by atoms with E-state index in [1.54, 1.807) is 11.0 Å². The van der Waals surface area contributed by atoms with Gasteiger partial charge in [0.15, 0.2) is 0 Å². The molecule has 1 fully saturated rings. The first-order valence-electron chi connectivity index (χ1n) is 11.6. The molecule has 1 aliphatic rings. The van der Waals surface area contributed by atoms with Gasteiger partial charge >= 0.3 is 0 Å². The van der Waals surface area contributed by atoms with Gasteiger partial charge in [0.05, 0.1) is 22.0 Å². The lowest BCUT2D eigenvalue weighted by atomic mass is 9.95. The summed E-state index contributed by atoms with van der Waals surface area (Å²) in [5.74, 6) is -0.761. The van der Waals surface area contributed by atoms with Crippen molar-refractivity contribution in [1.29, 1.82) is 0 Å². The number of carbonyl (C=O) groups excluding carboxylic acids is 2. The Kier molecular flexibility index (Phi) is 8.66. The molecule has 1 heterocycles. The maximum atomic E-state index is 12.9. The van der Waals surface area contributed by atoms with Crippen LogP contribution in [0.15, 0.2) is 47.6 Å². The van der Waals surface area contributed by atoms with E-state index in [4.69, 9.17) is 0 Å². The van der Waals surface area contributed by atoms with E-state index in [-0.39, 0.29) is 28.8 Å². The van der Waals surface area contributed by atoms with Crippen LogP contribution in [0, 0.1) is 26.1 Å². The van der Waals surface area contributed by atoms with Gasteiger partial charge in [0.2, 0.25) is 5.91 Å². The Hall–Kier alpha value is -4.35. The lowest BCUT2D eigenvalue weighted by molar-refractivity contribution is -0.385. The highest BCUT2D eigenvalue weighted by Crippen LogP contribution is 2.29. The fraction of sp³-hybridized carbons (Fsp3) is 0.375. The van der Waals surface area contributed by atoms with Crippen molar-refractivity contribution in [2.24, 2.45) is 11.0 Å². The fourth-order valence-electron chi connectivity index (χ4n) is 4.22. The van der Waals surface area contributed by atoms with Crippen LogP contribution in [0.25, 0.3) is 0 Å². The largest absolute Gasteiger partial charge is 0.370 e. The Morgan fingerprint density at radius 3 is 2.47 bits per heavy atom. The number of nitro benzene ring substituents is 2. The van der Waals surface area contributed by atoms with Gasteiger partial charge in [-0.2, -0.15) is 5.10 Å². The van der Waals surface area contributed by atoms with E-state index in [1.807, 2.05) is 18.7 Å². The first-order valence-corrected chi connectivity index (χ1v) is 11.6. The molecular formula is C24H28N6O6. The van der Waals surface area contributed by atoms with Crippen LogP contribution in [0.5, 0.6) is 0 Å². The minimum atomic E-state index is -0.662. The van der Waals surface area contributed by atoms with Crippen LogP contribution in [0.2, 0.25) is 0 Å². The molecule has 0 aliphatic carbocycles. The number of amides is 2. The number of nitrogens with one attached hydrogen (secondary N) is 1. The van der Waals surface area contributed by atoms with Crippen molar-refractivity contribution >= 4 is 35.1 Å². The van der Waals surface area contributed by atoms with Crippen LogP contribution in [-0.2, 0) is 4.79 Å². The average molecular weight is 497 g/mol. The van der Waals surface area contributed by atoms with E-state index >= 15 is 0 Å². The summed E-state index contributed by atoms with van der Waals surface area (Å²) in [5.41, 5.74) is 3.05. The zero-order valence-electron chi connectivity index (χ0n) is 20.1. The number of nitrogens with zero attached hydrogens (tertiary/aromatic N) is 5. The third-order valence-electron chi connectivity index (χ3n) is 6.10.